The number of hydrogen-bond donors (Lipinski definition) is 1. The largest absolute Gasteiger partial charge is 0.454 e. The van der Waals surface area contributed by atoms with Gasteiger partial charge in [-0.05, 0) is 30.7 Å². The Labute approximate surface area is 132 Å². The van der Waals surface area contributed by atoms with Gasteiger partial charge in [-0.15, -0.1) is 0 Å². The Balaban J connectivity index is 1.84. The molecule has 2 aromatic rings. The summed E-state index contributed by atoms with van der Waals surface area (Å²) >= 11 is 0. The molecule has 0 aliphatic carbocycles. The number of nitro groups is 1. The van der Waals surface area contributed by atoms with Crippen molar-refractivity contribution in [2.45, 2.75) is 13.5 Å². The third-order valence-electron chi connectivity index (χ3n) is 3.63. The third-order valence-corrected chi connectivity index (χ3v) is 3.63. The summed E-state index contributed by atoms with van der Waals surface area (Å²) in [6, 6.07) is 10.4. The number of ether oxygens (including phenoxy) is 2. The monoisotopic (exact) mass is 311 g/mol. The molecule has 3 rings (SSSR count). The summed E-state index contributed by atoms with van der Waals surface area (Å²) in [4.78, 5) is 10.6. The molecule has 0 radical (unpaired) electrons. The normalized spacial score (nSPS) is 11.8. The van der Waals surface area contributed by atoms with Gasteiger partial charge in [-0.3, -0.25) is 10.1 Å². The molecule has 0 unspecified atom stereocenters. The van der Waals surface area contributed by atoms with Crippen LogP contribution in [0.25, 0.3) is 0 Å². The van der Waals surface area contributed by atoms with Gasteiger partial charge in [-0.25, -0.2) is 0 Å². The van der Waals surface area contributed by atoms with Crippen LogP contribution in [0.15, 0.2) is 30.3 Å². The lowest BCUT2D eigenvalue weighted by atomic mass is 10.1. The molecule has 0 spiro atoms. The molecule has 1 aliphatic heterocycles. The zero-order valence-corrected chi connectivity index (χ0v) is 12.3. The van der Waals surface area contributed by atoms with Crippen LogP contribution in [0.3, 0.4) is 0 Å². The fourth-order valence-electron chi connectivity index (χ4n) is 2.38. The van der Waals surface area contributed by atoms with Crippen molar-refractivity contribution in [2.75, 3.05) is 12.1 Å². The fraction of sp³-hybridized carbons (Fsp3) is 0.188. The van der Waals surface area contributed by atoms with E-state index in [2.05, 4.69) is 5.32 Å². The second-order valence-electron chi connectivity index (χ2n) is 5.08. The first kappa shape index (κ1) is 14.7. The molecule has 0 aromatic heterocycles. The Morgan fingerprint density at radius 1 is 1.30 bits per heavy atom. The Hall–Kier alpha value is -3.27. The van der Waals surface area contributed by atoms with E-state index in [-0.39, 0.29) is 18.0 Å². The van der Waals surface area contributed by atoms with Crippen LogP contribution in [0.5, 0.6) is 11.5 Å². The molecular formula is C16H13N3O4. The maximum Gasteiger partial charge on any atom is 0.275 e. The highest BCUT2D eigenvalue weighted by molar-refractivity contribution is 5.64. The molecule has 0 fully saturated rings. The van der Waals surface area contributed by atoms with E-state index in [9.17, 15) is 10.1 Å². The van der Waals surface area contributed by atoms with E-state index < -0.39 is 4.92 Å². The van der Waals surface area contributed by atoms with Crippen molar-refractivity contribution >= 4 is 11.4 Å². The van der Waals surface area contributed by atoms with Crippen LogP contribution in [-0.2, 0) is 6.54 Å². The molecule has 0 saturated heterocycles. The topological polar surface area (TPSA) is 97.4 Å². The predicted molar refractivity (Wildman–Crippen MR) is 82.4 cm³/mol. The summed E-state index contributed by atoms with van der Waals surface area (Å²) in [6.45, 7) is 2.31. The first-order valence-corrected chi connectivity index (χ1v) is 6.90. The zero-order chi connectivity index (χ0) is 16.4. The van der Waals surface area contributed by atoms with Gasteiger partial charge >= 0.3 is 0 Å². The Morgan fingerprint density at radius 3 is 2.83 bits per heavy atom. The van der Waals surface area contributed by atoms with Gasteiger partial charge in [0.2, 0.25) is 6.79 Å². The summed E-state index contributed by atoms with van der Waals surface area (Å²) < 4.78 is 10.6. The highest BCUT2D eigenvalue weighted by Gasteiger charge is 2.17. The average Bonchev–Trinajstić information content (AvgIpc) is 3.01. The molecule has 0 atom stereocenters. The minimum absolute atomic E-state index is 0.0720. The van der Waals surface area contributed by atoms with Crippen LogP contribution in [-0.4, -0.2) is 11.7 Å². The van der Waals surface area contributed by atoms with Gasteiger partial charge in [-0.2, -0.15) is 5.26 Å². The lowest BCUT2D eigenvalue weighted by Gasteiger charge is -2.11. The molecule has 0 bridgehead atoms. The van der Waals surface area contributed by atoms with Gasteiger partial charge in [0.1, 0.15) is 0 Å². The SMILES string of the molecule is Cc1c(NCc2ccc3c(c2)OCO3)cc(C#N)cc1[N+](=O)[O-]. The van der Waals surface area contributed by atoms with Gasteiger partial charge in [0.05, 0.1) is 16.6 Å². The summed E-state index contributed by atoms with van der Waals surface area (Å²) in [5.41, 5.74) is 2.18. The summed E-state index contributed by atoms with van der Waals surface area (Å²) in [6.07, 6.45) is 0. The van der Waals surface area contributed by atoms with Crippen LogP contribution in [0, 0.1) is 28.4 Å². The third kappa shape index (κ3) is 2.87. The zero-order valence-electron chi connectivity index (χ0n) is 12.3. The summed E-state index contributed by atoms with van der Waals surface area (Å²) in [7, 11) is 0. The van der Waals surface area contributed by atoms with E-state index in [0.717, 1.165) is 5.56 Å². The number of hydrogen-bond acceptors (Lipinski definition) is 6. The van der Waals surface area contributed by atoms with Gasteiger partial charge in [0, 0.05) is 23.9 Å². The highest BCUT2D eigenvalue weighted by Crippen LogP contribution is 2.33. The van der Waals surface area contributed by atoms with Crippen molar-refractivity contribution < 1.29 is 14.4 Å². The lowest BCUT2D eigenvalue weighted by Crippen LogP contribution is -2.04. The highest BCUT2D eigenvalue weighted by atomic mass is 16.7. The molecule has 0 amide bonds. The van der Waals surface area contributed by atoms with Crippen LogP contribution in [0.4, 0.5) is 11.4 Å². The molecule has 7 heteroatoms. The first-order valence-electron chi connectivity index (χ1n) is 6.90. The van der Waals surface area contributed by atoms with Gasteiger partial charge in [0.15, 0.2) is 11.5 Å². The minimum atomic E-state index is -0.484. The van der Waals surface area contributed by atoms with Crippen LogP contribution >= 0.6 is 0 Å². The van der Waals surface area contributed by atoms with Crippen molar-refractivity contribution in [2.24, 2.45) is 0 Å². The van der Waals surface area contributed by atoms with Crippen molar-refractivity contribution in [1.29, 1.82) is 5.26 Å². The Morgan fingerprint density at radius 2 is 2.09 bits per heavy atom. The number of nitrogens with one attached hydrogen (secondary N) is 1. The van der Waals surface area contributed by atoms with E-state index in [4.69, 9.17) is 14.7 Å². The second kappa shape index (κ2) is 5.85. The number of benzene rings is 2. The summed E-state index contributed by atoms with van der Waals surface area (Å²) in [5, 5.41) is 23.2. The van der Waals surface area contributed by atoms with E-state index in [0.29, 0.717) is 29.3 Å². The Kier molecular flexibility index (Phi) is 3.73. The van der Waals surface area contributed by atoms with Crippen molar-refractivity contribution in [3.8, 4) is 17.6 Å². The molecule has 7 nitrogen and oxygen atoms in total. The number of rotatable bonds is 4. The van der Waals surface area contributed by atoms with Crippen LogP contribution in [0.2, 0.25) is 0 Å². The number of nitriles is 1. The van der Waals surface area contributed by atoms with E-state index in [1.165, 1.54) is 6.07 Å². The van der Waals surface area contributed by atoms with Crippen molar-refractivity contribution in [3.63, 3.8) is 0 Å². The van der Waals surface area contributed by atoms with Gasteiger partial charge in [-0.1, -0.05) is 6.07 Å². The molecule has 1 aliphatic rings. The number of nitrogens with zero attached hydrogens (tertiary/aromatic N) is 2. The van der Waals surface area contributed by atoms with Crippen LogP contribution in [0.1, 0.15) is 16.7 Å². The predicted octanol–water partition coefficient (Wildman–Crippen LogP) is 3.12. The van der Waals surface area contributed by atoms with Crippen molar-refractivity contribution in [1.82, 2.24) is 0 Å². The molecule has 116 valence electrons. The molecule has 0 saturated carbocycles. The fourth-order valence-corrected chi connectivity index (χ4v) is 2.38. The Bertz CT molecular complexity index is 827. The minimum Gasteiger partial charge on any atom is -0.454 e. The van der Waals surface area contributed by atoms with E-state index >= 15 is 0 Å². The standard InChI is InChI=1S/C16H13N3O4/c1-10-13(4-12(7-17)5-14(10)19(20)21)18-8-11-2-3-15-16(6-11)23-9-22-15/h2-6,18H,8-9H2,1H3. The smallest absolute Gasteiger partial charge is 0.275 e. The van der Waals surface area contributed by atoms with Crippen molar-refractivity contribution in [3.05, 3.63) is 57.1 Å². The molecular weight excluding hydrogens is 298 g/mol. The quantitative estimate of drug-likeness (QED) is 0.688. The number of nitro benzene ring substituents is 1. The first-order chi connectivity index (χ1) is 11.1. The maximum atomic E-state index is 11.1. The molecule has 23 heavy (non-hydrogen) atoms. The van der Waals surface area contributed by atoms with Gasteiger partial charge in [0.25, 0.3) is 5.69 Å². The van der Waals surface area contributed by atoms with E-state index in [1.807, 2.05) is 24.3 Å². The lowest BCUT2D eigenvalue weighted by molar-refractivity contribution is -0.385. The van der Waals surface area contributed by atoms with E-state index in [1.54, 1.807) is 13.0 Å². The second-order valence-corrected chi connectivity index (χ2v) is 5.08. The summed E-state index contributed by atoms with van der Waals surface area (Å²) in [5.74, 6) is 1.38. The molecule has 2 aromatic carbocycles. The molecule has 1 heterocycles. The average molecular weight is 311 g/mol. The van der Waals surface area contributed by atoms with Crippen LogP contribution < -0.4 is 14.8 Å². The maximum absolute atomic E-state index is 11.1. The molecule has 1 N–H and O–H groups in total. The number of fused-ring (bicyclic) bond motifs is 1. The number of anilines is 1. The van der Waals surface area contributed by atoms with Gasteiger partial charge < -0.3 is 14.8 Å².